The zero-order valence-corrected chi connectivity index (χ0v) is 9.33. The molecule has 0 fully saturated rings. The summed E-state index contributed by atoms with van der Waals surface area (Å²) in [4.78, 5) is 4.14. The Morgan fingerprint density at radius 3 is 3.00 bits per heavy atom. The van der Waals surface area contributed by atoms with E-state index in [1.54, 1.807) is 6.20 Å². The lowest BCUT2D eigenvalue weighted by atomic mass is 10.1. The molecule has 0 spiro atoms. The SMILES string of the molecule is Cc1ccc(N)cc1-c1nnc2ncccn12. The Balaban J connectivity index is 2.31. The molecule has 0 aliphatic heterocycles. The number of hydrogen-bond acceptors (Lipinski definition) is 4. The number of rotatable bonds is 1. The third-order valence-electron chi connectivity index (χ3n) is 2.69. The summed E-state index contributed by atoms with van der Waals surface area (Å²) in [6.07, 6.45) is 3.58. The summed E-state index contributed by atoms with van der Waals surface area (Å²) < 4.78 is 1.85. The van der Waals surface area contributed by atoms with Crippen molar-refractivity contribution >= 4 is 11.5 Å². The molecule has 0 atom stereocenters. The summed E-state index contributed by atoms with van der Waals surface area (Å²) in [6.45, 7) is 2.02. The van der Waals surface area contributed by atoms with E-state index >= 15 is 0 Å². The molecular formula is C12H11N5. The Bertz CT molecular complexity index is 686. The molecule has 3 rings (SSSR count). The lowest BCUT2D eigenvalue weighted by molar-refractivity contribution is 1.10. The first kappa shape index (κ1) is 9.77. The number of benzene rings is 1. The van der Waals surface area contributed by atoms with Crippen molar-refractivity contribution in [2.75, 3.05) is 5.73 Å². The van der Waals surface area contributed by atoms with Crippen LogP contribution in [0, 0.1) is 6.92 Å². The molecule has 0 saturated carbocycles. The first-order valence-corrected chi connectivity index (χ1v) is 5.28. The predicted molar refractivity (Wildman–Crippen MR) is 65.4 cm³/mol. The van der Waals surface area contributed by atoms with E-state index in [9.17, 15) is 0 Å². The Kier molecular flexibility index (Phi) is 2.04. The molecule has 5 nitrogen and oxygen atoms in total. The van der Waals surface area contributed by atoms with Crippen LogP contribution in [0.2, 0.25) is 0 Å². The van der Waals surface area contributed by atoms with Crippen LogP contribution in [0.5, 0.6) is 0 Å². The van der Waals surface area contributed by atoms with Gasteiger partial charge in [0.1, 0.15) is 0 Å². The fourth-order valence-corrected chi connectivity index (χ4v) is 1.81. The Hall–Kier alpha value is -2.43. The van der Waals surface area contributed by atoms with Gasteiger partial charge in [0, 0.05) is 23.6 Å². The average Bonchev–Trinajstić information content (AvgIpc) is 2.76. The minimum absolute atomic E-state index is 0.587. The van der Waals surface area contributed by atoms with Gasteiger partial charge in [0.25, 0.3) is 5.78 Å². The van der Waals surface area contributed by atoms with Crippen molar-refractivity contribution in [2.45, 2.75) is 6.92 Å². The molecule has 3 aromatic rings. The fraction of sp³-hybridized carbons (Fsp3) is 0.0833. The van der Waals surface area contributed by atoms with Gasteiger partial charge in [0.05, 0.1) is 0 Å². The van der Waals surface area contributed by atoms with Crippen molar-refractivity contribution in [3.8, 4) is 11.4 Å². The number of aromatic nitrogens is 4. The van der Waals surface area contributed by atoms with Gasteiger partial charge in [-0.05, 0) is 30.7 Å². The minimum Gasteiger partial charge on any atom is -0.399 e. The van der Waals surface area contributed by atoms with Gasteiger partial charge in [-0.15, -0.1) is 10.2 Å². The molecule has 2 N–H and O–H groups in total. The average molecular weight is 225 g/mol. The highest BCUT2D eigenvalue weighted by molar-refractivity contribution is 5.66. The second-order valence-electron chi connectivity index (χ2n) is 3.89. The first-order valence-electron chi connectivity index (χ1n) is 5.28. The minimum atomic E-state index is 0.587. The van der Waals surface area contributed by atoms with Crippen molar-refractivity contribution in [3.63, 3.8) is 0 Å². The van der Waals surface area contributed by atoms with Gasteiger partial charge >= 0.3 is 0 Å². The highest BCUT2D eigenvalue weighted by Crippen LogP contribution is 2.23. The molecule has 0 bridgehead atoms. The number of anilines is 1. The molecule has 0 radical (unpaired) electrons. The van der Waals surface area contributed by atoms with Gasteiger partial charge in [-0.1, -0.05) is 6.07 Å². The normalized spacial score (nSPS) is 10.9. The van der Waals surface area contributed by atoms with E-state index in [1.807, 2.05) is 41.8 Å². The van der Waals surface area contributed by atoms with Crippen LogP contribution < -0.4 is 5.73 Å². The van der Waals surface area contributed by atoms with Crippen molar-refractivity contribution in [1.82, 2.24) is 19.6 Å². The summed E-state index contributed by atoms with van der Waals surface area (Å²) in [7, 11) is 0. The highest BCUT2D eigenvalue weighted by Gasteiger charge is 2.10. The van der Waals surface area contributed by atoms with Gasteiger partial charge in [0.2, 0.25) is 0 Å². The number of fused-ring (bicyclic) bond motifs is 1. The third kappa shape index (κ3) is 1.52. The zero-order valence-electron chi connectivity index (χ0n) is 9.33. The van der Waals surface area contributed by atoms with E-state index in [-0.39, 0.29) is 0 Å². The smallest absolute Gasteiger partial charge is 0.255 e. The Morgan fingerprint density at radius 1 is 1.24 bits per heavy atom. The molecule has 0 aliphatic carbocycles. The Morgan fingerprint density at radius 2 is 2.12 bits per heavy atom. The molecule has 84 valence electrons. The molecule has 2 heterocycles. The lowest BCUT2D eigenvalue weighted by Gasteiger charge is -2.04. The summed E-state index contributed by atoms with van der Waals surface area (Å²) in [5.41, 5.74) is 8.60. The van der Waals surface area contributed by atoms with Gasteiger partial charge in [-0.2, -0.15) is 0 Å². The van der Waals surface area contributed by atoms with Gasteiger partial charge in [-0.25, -0.2) is 4.98 Å². The zero-order chi connectivity index (χ0) is 11.8. The number of nitrogen functional groups attached to an aromatic ring is 1. The van der Waals surface area contributed by atoms with Crippen LogP contribution in [0.4, 0.5) is 5.69 Å². The second-order valence-corrected chi connectivity index (χ2v) is 3.89. The number of aryl methyl sites for hydroxylation is 1. The van der Waals surface area contributed by atoms with Gasteiger partial charge in [-0.3, -0.25) is 4.40 Å². The van der Waals surface area contributed by atoms with Gasteiger partial charge in [0.15, 0.2) is 5.82 Å². The maximum atomic E-state index is 5.80. The second kappa shape index (κ2) is 3.55. The maximum Gasteiger partial charge on any atom is 0.255 e. The van der Waals surface area contributed by atoms with Crippen LogP contribution in [0.3, 0.4) is 0 Å². The summed E-state index contributed by atoms with van der Waals surface area (Å²) in [5, 5.41) is 8.19. The summed E-state index contributed by atoms with van der Waals surface area (Å²) in [5.74, 6) is 1.35. The van der Waals surface area contributed by atoms with E-state index in [1.165, 1.54) is 0 Å². The molecular weight excluding hydrogens is 214 g/mol. The van der Waals surface area contributed by atoms with Crippen LogP contribution in [0.25, 0.3) is 17.2 Å². The van der Waals surface area contributed by atoms with E-state index < -0.39 is 0 Å². The molecule has 5 heteroatoms. The molecule has 2 aromatic heterocycles. The molecule has 0 aliphatic rings. The van der Waals surface area contributed by atoms with Crippen molar-refractivity contribution in [2.24, 2.45) is 0 Å². The van der Waals surface area contributed by atoms with E-state index in [2.05, 4.69) is 15.2 Å². The topological polar surface area (TPSA) is 69.1 Å². The lowest BCUT2D eigenvalue weighted by Crippen LogP contribution is -1.94. The molecule has 1 aromatic carbocycles. The standard InChI is InChI=1S/C12H11N5/c1-8-3-4-9(13)7-10(8)11-15-16-12-14-5-2-6-17(11)12/h2-7H,13H2,1H3. The summed E-state index contributed by atoms with van der Waals surface area (Å²) in [6, 6.07) is 7.60. The highest BCUT2D eigenvalue weighted by atomic mass is 15.3. The summed E-state index contributed by atoms with van der Waals surface area (Å²) >= 11 is 0. The van der Waals surface area contributed by atoms with E-state index in [4.69, 9.17) is 5.73 Å². The number of nitrogens with two attached hydrogens (primary N) is 1. The quantitative estimate of drug-likeness (QED) is 0.640. The van der Waals surface area contributed by atoms with Crippen LogP contribution in [0.1, 0.15) is 5.56 Å². The molecule has 17 heavy (non-hydrogen) atoms. The van der Waals surface area contributed by atoms with E-state index in [0.29, 0.717) is 11.5 Å². The molecule has 0 amide bonds. The van der Waals surface area contributed by atoms with Crippen LogP contribution in [-0.4, -0.2) is 19.6 Å². The Labute approximate surface area is 97.9 Å². The molecule has 0 unspecified atom stereocenters. The van der Waals surface area contributed by atoms with Crippen molar-refractivity contribution in [3.05, 3.63) is 42.2 Å². The van der Waals surface area contributed by atoms with Gasteiger partial charge < -0.3 is 5.73 Å². The van der Waals surface area contributed by atoms with E-state index in [0.717, 1.165) is 17.0 Å². The van der Waals surface area contributed by atoms with Crippen LogP contribution >= 0.6 is 0 Å². The third-order valence-corrected chi connectivity index (χ3v) is 2.69. The number of hydrogen-bond donors (Lipinski definition) is 1. The van der Waals surface area contributed by atoms with Crippen LogP contribution in [0.15, 0.2) is 36.7 Å². The largest absolute Gasteiger partial charge is 0.399 e. The monoisotopic (exact) mass is 225 g/mol. The predicted octanol–water partition coefficient (Wildman–Crippen LogP) is 1.68. The first-order chi connectivity index (χ1) is 8.25. The fourth-order valence-electron chi connectivity index (χ4n) is 1.81. The maximum absolute atomic E-state index is 5.80. The van der Waals surface area contributed by atoms with Crippen molar-refractivity contribution in [1.29, 1.82) is 0 Å². The number of nitrogens with zero attached hydrogens (tertiary/aromatic N) is 4. The molecule has 0 saturated heterocycles. The van der Waals surface area contributed by atoms with Crippen molar-refractivity contribution < 1.29 is 0 Å². The van der Waals surface area contributed by atoms with Crippen LogP contribution in [-0.2, 0) is 0 Å².